The number of rotatable bonds is 8. The third-order valence-corrected chi connectivity index (χ3v) is 3.42. The number of hydrogen-bond acceptors (Lipinski definition) is 6. The lowest BCUT2D eigenvalue weighted by Crippen LogP contribution is -2.19. The molecule has 6 heteroatoms. The van der Waals surface area contributed by atoms with Crippen LogP contribution < -0.4 is 14.2 Å². The van der Waals surface area contributed by atoms with E-state index in [0.29, 0.717) is 22.8 Å². The van der Waals surface area contributed by atoms with Crippen LogP contribution in [0.25, 0.3) is 0 Å². The third-order valence-electron chi connectivity index (χ3n) is 3.42. The van der Waals surface area contributed by atoms with Crippen molar-refractivity contribution in [2.75, 3.05) is 27.4 Å². The highest BCUT2D eigenvalue weighted by Crippen LogP contribution is 2.25. The van der Waals surface area contributed by atoms with Gasteiger partial charge in [0.2, 0.25) is 5.78 Å². The van der Waals surface area contributed by atoms with Crippen LogP contribution in [-0.4, -0.2) is 39.2 Å². The fourth-order valence-electron chi connectivity index (χ4n) is 2.14. The van der Waals surface area contributed by atoms with Crippen molar-refractivity contribution in [3.05, 3.63) is 53.6 Å². The molecule has 2 aromatic rings. The van der Waals surface area contributed by atoms with E-state index in [1.54, 1.807) is 30.3 Å². The first-order chi connectivity index (χ1) is 12.0. The van der Waals surface area contributed by atoms with Crippen LogP contribution in [0.15, 0.2) is 42.5 Å². The summed E-state index contributed by atoms with van der Waals surface area (Å²) in [5.74, 6) is 0.499. The van der Waals surface area contributed by atoms with Crippen molar-refractivity contribution in [2.45, 2.75) is 6.92 Å². The molecule has 0 saturated heterocycles. The summed E-state index contributed by atoms with van der Waals surface area (Å²) in [4.78, 5) is 23.9. The van der Waals surface area contributed by atoms with Crippen molar-refractivity contribution >= 4 is 11.8 Å². The molecule has 0 spiro atoms. The number of esters is 1. The first-order valence-electron chi connectivity index (χ1n) is 7.64. The van der Waals surface area contributed by atoms with Crippen molar-refractivity contribution in [3.63, 3.8) is 0 Å². The Labute approximate surface area is 146 Å². The van der Waals surface area contributed by atoms with Gasteiger partial charge in [0.15, 0.2) is 13.2 Å². The van der Waals surface area contributed by atoms with Gasteiger partial charge in [-0.05, 0) is 36.8 Å². The minimum Gasteiger partial charge on any atom is -0.497 e. The molecule has 0 aliphatic heterocycles. The van der Waals surface area contributed by atoms with Gasteiger partial charge < -0.3 is 18.9 Å². The number of methoxy groups -OCH3 is 2. The summed E-state index contributed by atoms with van der Waals surface area (Å²) < 4.78 is 20.5. The molecule has 0 bridgehead atoms. The van der Waals surface area contributed by atoms with Crippen molar-refractivity contribution in [3.8, 4) is 17.2 Å². The zero-order valence-corrected chi connectivity index (χ0v) is 14.4. The lowest BCUT2D eigenvalue weighted by atomic mass is 10.1. The van der Waals surface area contributed by atoms with E-state index < -0.39 is 12.6 Å². The average molecular weight is 344 g/mol. The van der Waals surface area contributed by atoms with Crippen LogP contribution in [0, 0.1) is 6.92 Å². The molecule has 0 heterocycles. The van der Waals surface area contributed by atoms with E-state index in [4.69, 9.17) is 18.9 Å². The molecule has 0 aliphatic carbocycles. The van der Waals surface area contributed by atoms with Crippen molar-refractivity contribution in [1.29, 1.82) is 0 Å². The first kappa shape index (κ1) is 18.3. The monoisotopic (exact) mass is 344 g/mol. The van der Waals surface area contributed by atoms with Gasteiger partial charge in [0.25, 0.3) is 0 Å². The summed E-state index contributed by atoms with van der Waals surface area (Å²) in [5.41, 5.74) is 1.34. The van der Waals surface area contributed by atoms with E-state index in [0.717, 1.165) is 5.56 Å². The van der Waals surface area contributed by atoms with Gasteiger partial charge in [-0.3, -0.25) is 4.79 Å². The first-order valence-corrected chi connectivity index (χ1v) is 7.64. The molecule has 0 amide bonds. The molecule has 132 valence electrons. The lowest BCUT2D eigenvalue weighted by Gasteiger charge is -2.10. The largest absolute Gasteiger partial charge is 0.497 e. The maximum atomic E-state index is 12.2. The Morgan fingerprint density at radius 3 is 2.40 bits per heavy atom. The van der Waals surface area contributed by atoms with Gasteiger partial charge in [0, 0.05) is 6.07 Å². The number of ketones is 1. The summed E-state index contributed by atoms with van der Waals surface area (Å²) in [6, 6.07) is 12.1. The highest BCUT2D eigenvalue weighted by atomic mass is 16.6. The molecular weight excluding hydrogens is 324 g/mol. The zero-order chi connectivity index (χ0) is 18.2. The van der Waals surface area contributed by atoms with Gasteiger partial charge in [-0.1, -0.05) is 12.1 Å². The zero-order valence-electron chi connectivity index (χ0n) is 14.4. The molecule has 6 nitrogen and oxygen atoms in total. The van der Waals surface area contributed by atoms with Crippen molar-refractivity contribution in [1.82, 2.24) is 0 Å². The van der Waals surface area contributed by atoms with Gasteiger partial charge in [0.05, 0.1) is 19.8 Å². The van der Waals surface area contributed by atoms with Crippen LogP contribution in [0.5, 0.6) is 17.2 Å². The van der Waals surface area contributed by atoms with E-state index in [9.17, 15) is 9.59 Å². The molecule has 0 radical (unpaired) electrons. The molecule has 0 fully saturated rings. The Morgan fingerprint density at radius 2 is 1.72 bits per heavy atom. The van der Waals surface area contributed by atoms with Crippen molar-refractivity contribution in [2.24, 2.45) is 0 Å². The Hall–Kier alpha value is -3.02. The van der Waals surface area contributed by atoms with E-state index >= 15 is 0 Å². The quantitative estimate of drug-likeness (QED) is 0.542. The van der Waals surface area contributed by atoms with Crippen molar-refractivity contribution < 1.29 is 28.5 Å². The van der Waals surface area contributed by atoms with Gasteiger partial charge in [-0.25, -0.2) is 4.79 Å². The lowest BCUT2D eigenvalue weighted by molar-refractivity contribution is -0.144. The number of ether oxygens (including phenoxy) is 4. The fraction of sp³-hybridized carbons (Fsp3) is 0.263. The Kier molecular flexibility index (Phi) is 6.39. The summed E-state index contributed by atoms with van der Waals surface area (Å²) in [6.45, 7) is 1.27. The number of aryl methyl sites for hydroxylation is 1. The normalized spacial score (nSPS) is 10.0. The predicted octanol–water partition coefficient (Wildman–Crippen LogP) is 2.82. The van der Waals surface area contributed by atoms with Crippen LogP contribution >= 0.6 is 0 Å². The Bertz CT molecular complexity index is 753. The summed E-state index contributed by atoms with van der Waals surface area (Å²) in [6.07, 6.45) is 0. The van der Waals surface area contributed by atoms with Crippen LogP contribution in [0.3, 0.4) is 0 Å². The SMILES string of the molecule is COc1ccc(C(=O)COC(=O)COc2cccc(C)c2)c(OC)c1. The second kappa shape index (κ2) is 8.73. The standard InChI is InChI=1S/C19H20O6/c1-13-5-4-6-15(9-13)24-12-19(21)25-11-17(20)16-8-7-14(22-2)10-18(16)23-3/h4-10H,11-12H2,1-3H3. The number of benzene rings is 2. The molecular formula is C19H20O6. The second-order valence-electron chi connectivity index (χ2n) is 5.26. The second-order valence-corrected chi connectivity index (χ2v) is 5.26. The third kappa shape index (κ3) is 5.24. The molecule has 2 rings (SSSR count). The Balaban J connectivity index is 1.88. The van der Waals surface area contributed by atoms with Gasteiger partial charge in [-0.2, -0.15) is 0 Å². The molecule has 25 heavy (non-hydrogen) atoms. The van der Waals surface area contributed by atoms with Crippen LogP contribution in [-0.2, 0) is 9.53 Å². The van der Waals surface area contributed by atoms with Gasteiger partial charge >= 0.3 is 5.97 Å². The molecule has 0 unspecified atom stereocenters. The highest BCUT2D eigenvalue weighted by molar-refractivity contribution is 6.00. The smallest absolute Gasteiger partial charge is 0.344 e. The predicted molar refractivity (Wildman–Crippen MR) is 91.5 cm³/mol. The van der Waals surface area contributed by atoms with Crippen LogP contribution in [0.2, 0.25) is 0 Å². The highest BCUT2D eigenvalue weighted by Gasteiger charge is 2.16. The molecule has 2 aromatic carbocycles. The molecule has 0 aliphatic rings. The van der Waals surface area contributed by atoms with Crippen LogP contribution in [0.1, 0.15) is 15.9 Å². The molecule has 0 atom stereocenters. The number of carbonyl (C=O) groups is 2. The van der Waals surface area contributed by atoms with Gasteiger partial charge in [-0.15, -0.1) is 0 Å². The van der Waals surface area contributed by atoms with Gasteiger partial charge in [0.1, 0.15) is 17.2 Å². The number of hydrogen-bond donors (Lipinski definition) is 0. The molecule has 0 aromatic heterocycles. The summed E-state index contributed by atoms with van der Waals surface area (Å²) in [5, 5.41) is 0. The molecule has 0 N–H and O–H groups in total. The van der Waals surface area contributed by atoms with E-state index in [1.807, 2.05) is 19.1 Å². The van der Waals surface area contributed by atoms with E-state index in [-0.39, 0.29) is 12.4 Å². The number of carbonyl (C=O) groups excluding carboxylic acids is 2. The van der Waals surface area contributed by atoms with E-state index in [2.05, 4.69) is 0 Å². The fourth-order valence-corrected chi connectivity index (χ4v) is 2.14. The maximum absolute atomic E-state index is 12.2. The summed E-state index contributed by atoms with van der Waals surface area (Å²) in [7, 11) is 2.97. The number of Topliss-reactive ketones (excluding diaryl/α,β-unsaturated/α-hetero) is 1. The summed E-state index contributed by atoms with van der Waals surface area (Å²) >= 11 is 0. The Morgan fingerprint density at radius 1 is 0.920 bits per heavy atom. The van der Waals surface area contributed by atoms with E-state index in [1.165, 1.54) is 14.2 Å². The minimum atomic E-state index is -0.623. The average Bonchev–Trinajstić information content (AvgIpc) is 2.63. The topological polar surface area (TPSA) is 71.1 Å². The van der Waals surface area contributed by atoms with Crippen LogP contribution in [0.4, 0.5) is 0 Å². The minimum absolute atomic E-state index is 0.267. The maximum Gasteiger partial charge on any atom is 0.344 e. The molecule has 0 saturated carbocycles.